The average molecular weight is 464 g/mol. The van der Waals surface area contributed by atoms with Gasteiger partial charge in [0.1, 0.15) is 35.3 Å². The maximum absolute atomic E-state index is 13.9. The molecule has 34 heavy (non-hydrogen) atoms. The van der Waals surface area contributed by atoms with Crippen LogP contribution in [0.15, 0.2) is 53.8 Å². The lowest BCUT2D eigenvalue weighted by atomic mass is 10.2. The van der Waals surface area contributed by atoms with Crippen molar-refractivity contribution in [3.05, 3.63) is 71.9 Å². The number of rotatable bonds is 4. The lowest BCUT2D eigenvalue weighted by Crippen LogP contribution is -2.58. The summed E-state index contributed by atoms with van der Waals surface area (Å²) >= 11 is 0. The molecule has 1 atom stereocenters. The molecule has 2 aliphatic rings. The molecule has 0 aliphatic carbocycles. The van der Waals surface area contributed by atoms with Gasteiger partial charge in [0, 0.05) is 13.1 Å². The molecule has 6 rings (SSSR count). The van der Waals surface area contributed by atoms with E-state index in [-0.39, 0.29) is 24.5 Å². The normalized spacial score (nSPS) is 19.7. The summed E-state index contributed by atoms with van der Waals surface area (Å²) in [6.45, 7) is 3.02. The van der Waals surface area contributed by atoms with E-state index in [4.69, 9.17) is 9.73 Å². The number of H-pyrrole nitrogens is 1. The number of hydrogen-bond acceptors (Lipinski definition) is 6. The average Bonchev–Trinajstić information content (AvgIpc) is 3.46. The third-order valence-corrected chi connectivity index (χ3v) is 5.92. The number of aromatic amines is 1. The van der Waals surface area contributed by atoms with E-state index in [1.54, 1.807) is 18.5 Å². The van der Waals surface area contributed by atoms with E-state index in [1.165, 1.54) is 24.3 Å². The van der Waals surface area contributed by atoms with E-state index >= 15 is 0 Å². The Morgan fingerprint density at radius 2 is 1.91 bits per heavy atom. The molecule has 1 saturated heterocycles. The van der Waals surface area contributed by atoms with Crippen LogP contribution >= 0.6 is 0 Å². The number of amidine groups is 1. The number of halogens is 2. The molecule has 0 amide bonds. The summed E-state index contributed by atoms with van der Waals surface area (Å²) in [5.74, 6) is 1.27. The molecule has 0 saturated carbocycles. The smallest absolute Gasteiger partial charge is 0.158 e. The number of morpholine rings is 1. The van der Waals surface area contributed by atoms with Crippen molar-refractivity contribution in [2.24, 2.45) is 4.99 Å². The van der Waals surface area contributed by atoms with E-state index in [0.29, 0.717) is 53.1 Å². The summed E-state index contributed by atoms with van der Waals surface area (Å²) in [7, 11) is 0. The Balaban J connectivity index is 1.36. The van der Waals surface area contributed by atoms with Crippen LogP contribution < -0.4 is 10.6 Å². The molecule has 0 bridgehead atoms. The van der Waals surface area contributed by atoms with Gasteiger partial charge in [0.25, 0.3) is 0 Å². The number of nitrogens with one attached hydrogen (secondary N) is 3. The molecule has 1 unspecified atom stereocenters. The summed E-state index contributed by atoms with van der Waals surface area (Å²) in [5.41, 5.74) is 2.58. The number of anilines is 1. The molecule has 4 aromatic rings. The molecule has 11 heteroatoms. The Hall–Kier alpha value is -3.83. The first-order chi connectivity index (χ1) is 16.6. The van der Waals surface area contributed by atoms with Crippen molar-refractivity contribution in [3.63, 3.8) is 0 Å². The summed E-state index contributed by atoms with van der Waals surface area (Å²) in [4.78, 5) is 19.1. The first-order valence-electron chi connectivity index (χ1n) is 11.0. The summed E-state index contributed by atoms with van der Waals surface area (Å²) in [6, 6.07) is 10.8. The Morgan fingerprint density at radius 1 is 1.06 bits per heavy atom. The highest BCUT2D eigenvalue weighted by Crippen LogP contribution is 2.26. The maximum atomic E-state index is 13.9. The van der Waals surface area contributed by atoms with Crippen LogP contribution in [0.4, 0.5) is 14.6 Å². The van der Waals surface area contributed by atoms with Gasteiger partial charge in [0.2, 0.25) is 0 Å². The molecule has 9 nitrogen and oxygen atoms in total. The van der Waals surface area contributed by atoms with Gasteiger partial charge in [-0.1, -0.05) is 6.07 Å². The second-order valence-electron chi connectivity index (χ2n) is 8.14. The van der Waals surface area contributed by atoms with E-state index in [0.717, 1.165) is 13.1 Å². The van der Waals surface area contributed by atoms with E-state index in [2.05, 4.69) is 30.5 Å². The number of benzene rings is 2. The molecule has 3 N–H and O–H groups in total. The third-order valence-electron chi connectivity index (χ3n) is 5.92. The number of nitrogens with zero attached hydrogens (tertiary/aromatic N) is 5. The number of aromatic nitrogens is 4. The van der Waals surface area contributed by atoms with Crippen LogP contribution in [0, 0.1) is 11.6 Å². The quantitative estimate of drug-likeness (QED) is 0.430. The molecule has 2 aromatic carbocycles. The Kier molecular flexibility index (Phi) is 5.19. The van der Waals surface area contributed by atoms with Crippen molar-refractivity contribution < 1.29 is 13.5 Å². The van der Waals surface area contributed by atoms with Gasteiger partial charge in [-0.05, 0) is 36.4 Å². The Bertz CT molecular complexity index is 1370. The number of ether oxygens (including phenoxy) is 1. The number of aliphatic imine (C=N–C) groups is 1. The molecule has 0 spiro atoms. The van der Waals surface area contributed by atoms with Crippen LogP contribution in [-0.4, -0.2) is 62.8 Å². The molecular formula is C23H22F2N8O. The zero-order valence-electron chi connectivity index (χ0n) is 18.1. The maximum Gasteiger partial charge on any atom is 0.158 e. The van der Waals surface area contributed by atoms with Crippen LogP contribution in [-0.2, 0) is 11.3 Å². The standard InChI is InChI=1S/C23H22F2N8O/c24-14-2-1-3-16(10-14)33-13-27-20-21(30-23(31-22(20)33)32-6-8-34-9-7-32)26-12-19-28-17-5-4-15(25)11-18(17)29-19/h1-5,10-11,13,23,31H,6-9,12H2,(H,26,30)(H,28,29). The lowest BCUT2D eigenvalue weighted by molar-refractivity contribution is 0.0188. The minimum atomic E-state index is -0.325. The van der Waals surface area contributed by atoms with Crippen LogP contribution in [0.2, 0.25) is 0 Å². The van der Waals surface area contributed by atoms with Gasteiger partial charge in [-0.2, -0.15) is 0 Å². The fraction of sp³-hybridized carbons (Fsp3) is 0.261. The predicted octanol–water partition coefficient (Wildman–Crippen LogP) is 2.60. The lowest BCUT2D eigenvalue weighted by Gasteiger charge is -2.38. The fourth-order valence-corrected chi connectivity index (χ4v) is 4.25. The number of imidazole rings is 2. The predicted molar refractivity (Wildman–Crippen MR) is 123 cm³/mol. The summed E-state index contributed by atoms with van der Waals surface area (Å²) in [6.07, 6.45) is 1.40. The van der Waals surface area contributed by atoms with Gasteiger partial charge < -0.3 is 20.4 Å². The largest absolute Gasteiger partial charge is 0.379 e. The fourth-order valence-electron chi connectivity index (χ4n) is 4.25. The highest BCUT2D eigenvalue weighted by Gasteiger charge is 2.31. The van der Waals surface area contributed by atoms with Crippen molar-refractivity contribution in [2.45, 2.75) is 12.8 Å². The Labute approximate surface area is 193 Å². The zero-order valence-corrected chi connectivity index (χ0v) is 18.1. The van der Waals surface area contributed by atoms with Crippen LogP contribution in [0.5, 0.6) is 0 Å². The number of hydrogen-bond donors (Lipinski definition) is 3. The van der Waals surface area contributed by atoms with Gasteiger partial charge in [-0.3, -0.25) is 14.5 Å². The van der Waals surface area contributed by atoms with Crippen molar-refractivity contribution in [3.8, 4) is 5.69 Å². The number of fused-ring (bicyclic) bond motifs is 2. The van der Waals surface area contributed by atoms with Crippen LogP contribution in [0.3, 0.4) is 0 Å². The minimum Gasteiger partial charge on any atom is -0.379 e. The second-order valence-corrected chi connectivity index (χ2v) is 8.14. The van der Waals surface area contributed by atoms with Crippen molar-refractivity contribution in [1.82, 2.24) is 29.7 Å². The van der Waals surface area contributed by atoms with E-state index in [9.17, 15) is 8.78 Å². The van der Waals surface area contributed by atoms with Gasteiger partial charge in [-0.25, -0.2) is 18.7 Å². The first kappa shape index (κ1) is 20.8. The molecule has 1 fully saturated rings. The van der Waals surface area contributed by atoms with Crippen LogP contribution in [0.1, 0.15) is 11.5 Å². The molecular weight excluding hydrogens is 442 g/mol. The highest BCUT2D eigenvalue weighted by molar-refractivity contribution is 6.03. The first-order valence-corrected chi connectivity index (χ1v) is 11.0. The van der Waals surface area contributed by atoms with Crippen molar-refractivity contribution in [1.29, 1.82) is 0 Å². The van der Waals surface area contributed by atoms with E-state index < -0.39 is 0 Å². The summed E-state index contributed by atoms with van der Waals surface area (Å²) < 4.78 is 34.8. The third kappa shape index (κ3) is 3.88. The van der Waals surface area contributed by atoms with Crippen LogP contribution in [0.25, 0.3) is 16.7 Å². The molecule has 0 radical (unpaired) electrons. The molecule has 4 heterocycles. The minimum absolute atomic E-state index is 0.246. The molecule has 174 valence electrons. The van der Waals surface area contributed by atoms with E-state index in [1.807, 2.05) is 10.6 Å². The topological polar surface area (TPSA) is 95.4 Å². The van der Waals surface area contributed by atoms with Gasteiger partial charge in [-0.15, -0.1) is 0 Å². The monoisotopic (exact) mass is 464 g/mol. The zero-order chi connectivity index (χ0) is 23.1. The van der Waals surface area contributed by atoms with Crippen molar-refractivity contribution >= 4 is 22.7 Å². The van der Waals surface area contributed by atoms with Gasteiger partial charge >= 0.3 is 0 Å². The Morgan fingerprint density at radius 3 is 2.76 bits per heavy atom. The van der Waals surface area contributed by atoms with Gasteiger partial charge in [0.15, 0.2) is 12.1 Å². The SMILES string of the molecule is Fc1cccc(-n2cnc3c2NC(N2CCOCC2)NC3=NCc2nc3ccc(F)cc3[nH]2)c1. The highest BCUT2D eigenvalue weighted by atomic mass is 19.1. The second kappa shape index (κ2) is 8.50. The molecule has 2 aliphatic heterocycles. The summed E-state index contributed by atoms with van der Waals surface area (Å²) in [5, 5.41) is 6.91. The van der Waals surface area contributed by atoms with Gasteiger partial charge in [0.05, 0.1) is 36.5 Å². The van der Waals surface area contributed by atoms with Crippen molar-refractivity contribution in [2.75, 3.05) is 31.6 Å². The molecule has 2 aromatic heterocycles.